The molecule has 0 radical (unpaired) electrons. The van der Waals surface area contributed by atoms with Crippen molar-refractivity contribution >= 4 is 131 Å². The summed E-state index contributed by atoms with van der Waals surface area (Å²) in [4.78, 5) is 4.75. The summed E-state index contributed by atoms with van der Waals surface area (Å²) >= 11 is 42.8. The van der Waals surface area contributed by atoms with Crippen molar-refractivity contribution in [2.75, 3.05) is 78.1 Å². The molecule has 572 valence electrons. The lowest BCUT2D eigenvalue weighted by atomic mass is 10.0. The summed E-state index contributed by atoms with van der Waals surface area (Å²) in [6.45, 7) is 43.7. The molecular formula is C80H126Cl8N6O4Si4. The largest absolute Gasteiger partial charge is 0.394 e. The number of rotatable bonds is 24. The summed E-state index contributed by atoms with van der Waals surface area (Å²) in [6, 6.07) is 65.2. The number of aliphatic hydroxyl groups excluding tert-OH is 2. The van der Waals surface area contributed by atoms with Crippen molar-refractivity contribution < 1.29 is 19.1 Å². The van der Waals surface area contributed by atoms with Crippen molar-refractivity contribution in [3.8, 4) is 0 Å². The first-order valence-electron chi connectivity index (χ1n) is 35.2. The van der Waals surface area contributed by atoms with E-state index in [1.54, 1.807) is 12.2 Å². The van der Waals surface area contributed by atoms with Crippen LogP contribution < -0.4 is 21.0 Å². The predicted octanol–water partition coefficient (Wildman–Crippen LogP) is 20.9. The van der Waals surface area contributed by atoms with Crippen molar-refractivity contribution in [2.24, 2.45) is 0 Å². The standard InChI is InChI=1S/C19H23NOSi.C14H21NOSi.2C10H15NO.C9H10Cl2Si.2C6H15N.C4H8Cl2Si.2CH2Cl2/c1-4-15-22(18-13-9-6-10-14-18)20(3)16(2)19(21-22)17-11-7-5-8-12-17;1-5-11-17(4)15(3)12(2)14(16-17)13-9-7-6-8-10-13;2*1-8(11-2)10(12)9-6-4-3-5-7-9;1-2-8-12(10,11)9-6-4-3-5-7-9;2*1-4-7(5-2)6-3;1-3-4-7(2,5)6;2*2-1-3/h4-14,16,19H,1,15H2,2-3H3;5-10,12,14H,1,11H2,2-4H3;2*3-8,10-12H,1-2H3;2-7H,1,8H2;2*4-6H2,1-3H3;3H,1,4H2,2H3;2*1H2/t16-,19+,22?;12-,14+,17?;2*8-,10+;;;;;;/m1111....../s1. The Kier molecular flexibility index (Phi) is 58.6. The van der Waals surface area contributed by atoms with Crippen LogP contribution in [0.25, 0.3) is 0 Å². The number of nitrogens with one attached hydrogen (secondary N) is 2. The van der Waals surface area contributed by atoms with Gasteiger partial charge in [0.15, 0.2) is 0 Å². The van der Waals surface area contributed by atoms with Gasteiger partial charge in [0.05, 0.1) is 35.1 Å². The zero-order valence-electron chi connectivity index (χ0n) is 64.1. The minimum absolute atomic E-state index is 0.0902. The first-order chi connectivity index (χ1) is 48.5. The molecule has 0 aliphatic carbocycles. The van der Waals surface area contributed by atoms with Crippen molar-refractivity contribution in [3.05, 3.63) is 255 Å². The molecule has 2 heterocycles. The van der Waals surface area contributed by atoms with Gasteiger partial charge < -0.3 is 39.5 Å². The SMILES string of the molecule is C=CC[Si](C)(Cl)Cl.C=CC[Si](Cl)(Cl)c1ccccc1.C=CC[Si]1(C)O[C@H](c2ccccc2)[C@@H](C)N1C.C=CC[Si]1(c2ccccc2)O[C@H](c2ccccc2)[C@@H](C)N1C.CCN(CC)CC.CCN(CC)CC.CN[C@H](C)[C@H](O)c1ccccc1.CN[C@H](C)[C@H](O)c1ccccc1.ClCCl.ClCCl. The van der Waals surface area contributed by atoms with E-state index in [9.17, 15) is 10.2 Å². The van der Waals surface area contributed by atoms with Crippen LogP contribution in [0.4, 0.5) is 0 Å². The Bertz CT molecular complexity index is 2910. The average molecular weight is 1630 g/mol. The second-order valence-electron chi connectivity index (χ2n) is 24.3. The highest BCUT2D eigenvalue weighted by Gasteiger charge is 2.53. The summed E-state index contributed by atoms with van der Waals surface area (Å²) in [7, 11) is 4.09. The molecule has 0 bridgehead atoms. The van der Waals surface area contributed by atoms with E-state index in [0.717, 1.165) is 34.4 Å². The number of nitrogens with zero attached hydrogens (tertiary/aromatic N) is 4. The van der Waals surface area contributed by atoms with E-state index in [1.165, 1.54) is 55.6 Å². The fourth-order valence-electron chi connectivity index (χ4n) is 10.7. The van der Waals surface area contributed by atoms with Gasteiger partial charge in [-0.25, -0.2) is 0 Å². The summed E-state index contributed by atoms with van der Waals surface area (Å²) in [6.07, 6.45) is 7.02. The van der Waals surface area contributed by atoms with Crippen LogP contribution in [-0.2, 0) is 8.85 Å². The Hall–Kier alpha value is -2.93. The molecule has 0 aromatic heterocycles. The second-order valence-corrected chi connectivity index (χ2v) is 48.1. The van der Waals surface area contributed by atoms with Gasteiger partial charge in [0, 0.05) is 30.2 Å². The molecule has 2 saturated heterocycles. The third-order valence-electron chi connectivity index (χ3n) is 17.5. The lowest BCUT2D eigenvalue weighted by molar-refractivity contribution is 0.140. The highest BCUT2D eigenvalue weighted by Crippen LogP contribution is 2.41. The first kappa shape index (κ1) is 101. The number of likely N-dealkylation sites (N-methyl/N-ethyl adjacent to an activating group) is 4. The van der Waals surface area contributed by atoms with Crippen LogP contribution in [0.15, 0.2) is 233 Å². The minimum atomic E-state index is -2.25. The second kappa shape index (κ2) is 59.1. The Morgan fingerprint density at radius 3 is 1.08 bits per heavy atom. The number of hydrogen-bond acceptors (Lipinski definition) is 10. The Morgan fingerprint density at radius 1 is 0.490 bits per heavy atom. The van der Waals surface area contributed by atoms with Gasteiger partial charge in [-0.05, 0) is 159 Å². The molecule has 2 fully saturated rings. The van der Waals surface area contributed by atoms with E-state index in [2.05, 4.69) is 217 Å². The number of halogens is 8. The molecule has 6 aromatic rings. The first-order valence-corrected chi connectivity index (χ1v) is 51.0. The van der Waals surface area contributed by atoms with E-state index < -0.39 is 42.6 Å². The van der Waals surface area contributed by atoms with Gasteiger partial charge >= 0.3 is 8.48 Å². The molecule has 0 saturated carbocycles. The van der Waals surface area contributed by atoms with Crippen LogP contribution in [0.1, 0.15) is 116 Å². The molecule has 2 unspecified atom stereocenters. The van der Waals surface area contributed by atoms with E-state index >= 15 is 0 Å². The summed E-state index contributed by atoms with van der Waals surface area (Å²) < 4.78 is 18.1. The fourth-order valence-corrected chi connectivity index (χ4v) is 21.5. The maximum Gasteiger partial charge on any atom is 0.309 e. The third kappa shape index (κ3) is 39.3. The zero-order chi connectivity index (χ0) is 77.7. The Balaban J connectivity index is 0. The maximum atomic E-state index is 9.73. The molecule has 22 heteroatoms. The molecule has 2 aliphatic heterocycles. The fraction of sp³-hybridized carbons (Fsp3) is 0.450. The summed E-state index contributed by atoms with van der Waals surface area (Å²) in [5.41, 5.74) is 4.46. The minimum Gasteiger partial charge on any atom is -0.394 e. The molecule has 8 rings (SSSR count). The molecule has 4 N–H and O–H groups in total. The number of alkyl halides is 4. The Morgan fingerprint density at radius 2 is 0.794 bits per heavy atom. The van der Waals surface area contributed by atoms with Crippen LogP contribution in [0.5, 0.6) is 0 Å². The molecule has 10 nitrogen and oxygen atoms in total. The number of aliphatic hydroxyl groups is 2. The molecule has 0 spiro atoms. The van der Waals surface area contributed by atoms with Gasteiger partial charge in [-0.3, -0.25) is 9.13 Å². The van der Waals surface area contributed by atoms with Gasteiger partial charge in [0.1, 0.15) is 0 Å². The van der Waals surface area contributed by atoms with E-state index in [-0.39, 0.29) is 35.0 Å². The number of allylic oxidation sites excluding steroid dienone is 4. The smallest absolute Gasteiger partial charge is 0.309 e. The third-order valence-corrected chi connectivity index (χ3v) is 31.6. The lowest BCUT2D eigenvalue weighted by Crippen LogP contribution is -2.59. The monoisotopic (exact) mass is 1630 g/mol. The van der Waals surface area contributed by atoms with Gasteiger partial charge in [0.2, 0.25) is 0 Å². The molecule has 0 amide bonds. The molecule has 102 heavy (non-hydrogen) atoms. The molecule has 2 aliphatic rings. The average Bonchev–Trinajstić information content (AvgIpc) is 1.60. The van der Waals surface area contributed by atoms with Crippen LogP contribution in [-0.4, -0.2) is 162 Å². The van der Waals surface area contributed by atoms with E-state index in [0.29, 0.717) is 18.1 Å². The maximum absolute atomic E-state index is 9.73. The summed E-state index contributed by atoms with van der Waals surface area (Å²) in [5, 5.41) is 28.2. The van der Waals surface area contributed by atoms with Crippen LogP contribution in [0, 0.1) is 0 Å². The van der Waals surface area contributed by atoms with Crippen molar-refractivity contribution in [1.29, 1.82) is 0 Å². The van der Waals surface area contributed by atoms with Gasteiger partial charge in [-0.2, -0.15) is 0 Å². The molecule has 10 atom stereocenters. The lowest BCUT2D eigenvalue weighted by Gasteiger charge is -2.32. The van der Waals surface area contributed by atoms with Crippen molar-refractivity contribution in [2.45, 2.75) is 155 Å². The number of benzene rings is 6. The van der Waals surface area contributed by atoms with Crippen LogP contribution >= 0.6 is 90.7 Å². The summed E-state index contributed by atoms with van der Waals surface area (Å²) in [5.74, 6) is 0. The number of hydrogen-bond donors (Lipinski definition) is 4. The normalized spacial score (nSPS) is 19.3. The Labute approximate surface area is 662 Å². The van der Waals surface area contributed by atoms with Gasteiger partial charge in [-0.15, -0.1) is 117 Å². The van der Waals surface area contributed by atoms with Crippen molar-refractivity contribution in [1.82, 2.24) is 29.6 Å². The van der Waals surface area contributed by atoms with Gasteiger partial charge in [-0.1, -0.05) is 248 Å². The van der Waals surface area contributed by atoms with E-state index in [4.69, 9.17) is 99.6 Å². The topological polar surface area (TPSA) is 95.9 Å². The highest BCUT2D eigenvalue weighted by atomic mass is 35.7. The van der Waals surface area contributed by atoms with Crippen LogP contribution in [0.3, 0.4) is 0 Å². The zero-order valence-corrected chi connectivity index (χ0v) is 74.1. The highest BCUT2D eigenvalue weighted by molar-refractivity contribution is 7.51. The molecule has 6 aromatic carbocycles. The van der Waals surface area contributed by atoms with Crippen molar-refractivity contribution in [3.63, 3.8) is 0 Å². The van der Waals surface area contributed by atoms with Gasteiger partial charge in [0.25, 0.3) is 21.9 Å². The molecular weight excluding hydrogens is 1500 g/mol. The predicted molar refractivity (Wildman–Crippen MR) is 465 cm³/mol. The van der Waals surface area contributed by atoms with Crippen LogP contribution in [0.2, 0.25) is 37.3 Å². The quantitative estimate of drug-likeness (QED) is 0.0203. The van der Waals surface area contributed by atoms with E-state index in [1.807, 2.05) is 144 Å².